The van der Waals surface area contributed by atoms with Crippen LogP contribution in [0.5, 0.6) is 0 Å². The summed E-state index contributed by atoms with van der Waals surface area (Å²) in [4.78, 5) is 2.32. The Balaban J connectivity index is 1.37. The average molecular weight is 521 g/mol. The van der Waals surface area contributed by atoms with E-state index in [1.54, 1.807) is 4.68 Å². The first kappa shape index (κ1) is 24.5. The van der Waals surface area contributed by atoms with E-state index in [2.05, 4.69) is 88.1 Å². The summed E-state index contributed by atoms with van der Waals surface area (Å²) >= 11 is 0. The number of hydrogen-bond acceptors (Lipinski definition) is 4. The Kier molecular flexibility index (Phi) is 5.63. The first-order valence-electron chi connectivity index (χ1n) is 14.3. The van der Waals surface area contributed by atoms with Gasteiger partial charge >= 0.3 is 7.55 Å². The zero-order valence-electron chi connectivity index (χ0n) is 22.8. The second-order valence-electron chi connectivity index (χ2n) is 12.1. The van der Waals surface area contributed by atoms with Crippen LogP contribution in [0, 0.1) is 5.41 Å². The number of rotatable bonds is 3. The Morgan fingerprint density at radius 2 is 1.77 bits per heavy atom. The summed E-state index contributed by atoms with van der Waals surface area (Å²) in [6.45, 7) is 6.52. The lowest BCUT2D eigenvalue weighted by Gasteiger charge is -2.28. The SMILES string of the molecule is CC1(C)C=C(N)C=CC(C2=C3C=CC(=[N+]4CCCCC4)N3[B]n3c2ccc3-n2cc(C3(O)CCCC3)nn2)=C1. The van der Waals surface area contributed by atoms with Crippen molar-refractivity contribution in [3.05, 3.63) is 83.1 Å². The normalized spacial score (nSPS) is 23.4. The predicted octanol–water partition coefficient (Wildman–Crippen LogP) is 3.77. The molecule has 1 radical (unpaired) electrons. The number of hydrogen-bond donors (Lipinski definition) is 2. The fourth-order valence-electron chi connectivity index (χ4n) is 6.75. The van der Waals surface area contributed by atoms with Crippen molar-refractivity contribution in [1.29, 1.82) is 0 Å². The first-order chi connectivity index (χ1) is 18.8. The zero-order valence-corrected chi connectivity index (χ0v) is 22.8. The van der Waals surface area contributed by atoms with Crippen LogP contribution in [-0.4, -0.2) is 60.4 Å². The maximum absolute atomic E-state index is 11.1. The van der Waals surface area contributed by atoms with Crippen molar-refractivity contribution in [2.45, 2.75) is 64.4 Å². The summed E-state index contributed by atoms with van der Waals surface area (Å²) in [7, 11) is 2.18. The van der Waals surface area contributed by atoms with Gasteiger partial charge in [-0.1, -0.05) is 50.1 Å². The summed E-state index contributed by atoms with van der Waals surface area (Å²) in [6.07, 6.45) is 22.2. The molecule has 5 aliphatic rings. The third-order valence-electron chi connectivity index (χ3n) is 8.66. The number of amidine groups is 1. The molecule has 0 spiro atoms. The molecule has 7 rings (SSSR count). The summed E-state index contributed by atoms with van der Waals surface area (Å²) in [5.41, 5.74) is 11.2. The van der Waals surface area contributed by atoms with Crippen molar-refractivity contribution >= 4 is 19.0 Å². The number of nitrogens with two attached hydrogens (primary N) is 1. The van der Waals surface area contributed by atoms with Gasteiger partial charge in [0.05, 0.1) is 19.3 Å². The van der Waals surface area contributed by atoms with E-state index in [1.165, 1.54) is 30.8 Å². The molecule has 0 aromatic carbocycles. The van der Waals surface area contributed by atoms with Gasteiger partial charge in [-0.25, -0.2) is 4.68 Å². The monoisotopic (exact) mass is 521 g/mol. The first-order valence-corrected chi connectivity index (χ1v) is 14.3. The highest BCUT2D eigenvalue weighted by Crippen LogP contribution is 2.41. The number of piperidine rings is 1. The molecular formula is C30H36BN7O+. The van der Waals surface area contributed by atoms with Crippen molar-refractivity contribution in [1.82, 2.24) is 24.3 Å². The van der Waals surface area contributed by atoms with Crippen LogP contribution in [0.2, 0.25) is 0 Å². The van der Waals surface area contributed by atoms with E-state index in [0.29, 0.717) is 5.69 Å². The standard InChI is InChI=1S/C30H36BN7O/c1-29(2)18-21(8-9-22(32)19-29)28-23-10-12-26(35-16-6-3-7-17-35)37(23)31-38-24(28)11-13-27(38)36-20-25(33-34-36)30(39)14-4-5-15-30/h8-13,18-20,39H,3-7,14-17,32H2,1-2H3/q+1. The van der Waals surface area contributed by atoms with Gasteiger partial charge in [0.1, 0.15) is 22.8 Å². The molecule has 8 nitrogen and oxygen atoms in total. The minimum atomic E-state index is -0.875. The van der Waals surface area contributed by atoms with Crippen molar-refractivity contribution in [3.63, 3.8) is 0 Å². The van der Waals surface area contributed by atoms with Crippen molar-refractivity contribution < 1.29 is 9.68 Å². The van der Waals surface area contributed by atoms with Crippen LogP contribution in [-0.2, 0) is 5.60 Å². The molecule has 9 heteroatoms. The Hall–Kier alpha value is -3.59. The lowest BCUT2D eigenvalue weighted by atomic mass is 9.86. The molecular weight excluding hydrogens is 485 g/mol. The second-order valence-corrected chi connectivity index (χ2v) is 12.1. The third kappa shape index (κ3) is 4.14. The van der Waals surface area contributed by atoms with Crippen LogP contribution in [0.3, 0.4) is 0 Å². The van der Waals surface area contributed by atoms with Crippen LogP contribution in [0.25, 0.3) is 11.4 Å². The van der Waals surface area contributed by atoms with Gasteiger partial charge in [0.15, 0.2) is 0 Å². The summed E-state index contributed by atoms with van der Waals surface area (Å²) in [6, 6.07) is 4.25. The van der Waals surface area contributed by atoms with Crippen LogP contribution in [0.15, 0.2) is 71.8 Å². The van der Waals surface area contributed by atoms with E-state index >= 15 is 0 Å². The number of allylic oxidation sites excluding steroid dienone is 7. The highest BCUT2D eigenvalue weighted by molar-refractivity contribution is 6.40. The van der Waals surface area contributed by atoms with Gasteiger partial charge in [-0.05, 0) is 62.0 Å². The van der Waals surface area contributed by atoms with Gasteiger partial charge in [-0.2, -0.15) is 0 Å². The lowest BCUT2D eigenvalue weighted by Crippen LogP contribution is -2.43. The van der Waals surface area contributed by atoms with E-state index < -0.39 is 5.60 Å². The van der Waals surface area contributed by atoms with E-state index in [1.807, 2.05) is 12.3 Å². The molecule has 199 valence electrons. The van der Waals surface area contributed by atoms with Gasteiger partial charge in [0, 0.05) is 28.5 Å². The van der Waals surface area contributed by atoms with E-state index in [9.17, 15) is 5.11 Å². The molecule has 5 heterocycles. The van der Waals surface area contributed by atoms with Gasteiger partial charge in [-0.3, -0.25) is 9.39 Å². The minimum Gasteiger partial charge on any atom is -0.399 e. The summed E-state index contributed by atoms with van der Waals surface area (Å²) < 4.78 is 6.51. The average Bonchev–Trinajstić information content (AvgIpc) is 3.70. The topological polar surface area (TPSA) is 88.1 Å². The summed E-state index contributed by atoms with van der Waals surface area (Å²) in [5, 5.41) is 20.0. The molecule has 0 atom stereocenters. The number of nitrogens with zero attached hydrogens (tertiary/aromatic N) is 6. The van der Waals surface area contributed by atoms with Gasteiger partial charge < -0.3 is 15.3 Å². The molecule has 3 aliphatic heterocycles. The maximum atomic E-state index is 11.1. The van der Waals surface area contributed by atoms with Crippen molar-refractivity contribution in [2.75, 3.05) is 13.1 Å². The maximum Gasteiger partial charge on any atom is 0.553 e. The molecule has 2 aromatic rings. The fraction of sp³-hybridized carbons (Fsp3) is 0.433. The van der Waals surface area contributed by atoms with E-state index in [0.717, 1.165) is 67.1 Å². The van der Waals surface area contributed by atoms with Crippen LogP contribution < -0.4 is 5.73 Å². The zero-order chi connectivity index (χ0) is 26.8. The minimum absolute atomic E-state index is 0.192. The Labute approximate surface area is 230 Å². The molecule has 0 unspecified atom stereocenters. The number of fused-ring (bicyclic) bond motifs is 2. The molecule has 2 aromatic heterocycles. The lowest BCUT2D eigenvalue weighted by molar-refractivity contribution is -0.539. The molecule has 0 amide bonds. The fourth-order valence-corrected chi connectivity index (χ4v) is 6.75. The van der Waals surface area contributed by atoms with Crippen molar-refractivity contribution in [2.24, 2.45) is 11.1 Å². The molecule has 0 bridgehead atoms. The molecule has 1 saturated heterocycles. The quantitative estimate of drug-likeness (QED) is 0.475. The molecule has 3 N–H and O–H groups in total. The Morgan fingerprint density at radius 1 is 0.974 bits per heavy atom. The third-order valence-corrected chi connectivity index (χ3v) is 8.66. The van der Waals surface area contributed by atoms with Crippen LogP contribution in [0.1, 0.15) is 70.2 Å². The highest BCUT2D eigenvalue weighted by Gasteiger charge is 2.42. The van der Waals surface area contributed by atoms with E-state index in [4.69, 9.17) is 5.73 Å². The van der Waals surface area contributed by atoms with Gasteiger partial charge in [0.2, 0.25) is 0 Å². The predicted molar refractivity (Wildman–Crippen MR) is 153 cm³/mol. The highest BCUT2D eigenvalue weighted by atomic mass is 16.3. The van der Waals surface area contributed by atoms with E-state index in [-0.39, 0.29) is 5.41 Å². The molecule has 39 heavy (non-hydrogen) atoms. The van der Waals surface area contributed by atoms with Crippen LogP contribution >= 0.6 is 0 Å². The largest absolute Gasteiger partial charge is 0.553 e. The Morgan fingerprint density at radius 3 is 2.56 bits per heavy atom. The van der Waals surface area contributed by atoms with Gasteiger partial charge in [-0.15, -0.1) is 5.10 Å². The molecule has 2 aliphatic carbocycles. The van der Waals surface area contributed by atoms with Crippen molar-refractivity contribution in [3.8, 4) is 5.82 Å². The molecule has 1 saturated carbocycles. The summed E-state index contributed by atoms with van der Waals surface area (Å²) in [5.74, 6) is 2.10. The molecule has 2 fully saturated rings. The number of aliphatic hydroxyl groups is 1. The second kappa shape index (κ2) is 8.98. The van der Waals surface area contributed by atoms with Gasteiger partial charge in [0.25, 0.3) is 5.84 Å². The smallest absolute Gasteiger partial charge is 0.399 e. The number of aromatic nitrogens is 4. The Bertz CT molecular complexity index is 1520. The van der Waals surface area contributed by atoms with Crippen LogP contribution in [0.4, 0.5) is 0 Å².